The number of carbonyl (C=O) groups excluding carboxylic acids is 1. The van der Waals surface area contributed by atoms with Gasteiger partial charge in [0.15, 0.2) is 0 Å². The van der Waals surface area contributed by atoms with Gasteiger partial charge in [0.2, 0.25) is 0 Å². The number of aryl methyl sites for hydroxylation is 4. The Hall–Kier alpha value is -3.19. The molecule has 4 rings (SSSR count). The Bertz CT molecular complexity index is 1290. The number of hydrogen-bond donors (Lipinski definition) is 1. The van der Waals surface area contributed by atoms with Crippen LogP contribution in [-0.4, -0.2) is 37.0 Å². The summed E-state index contributed by atoms with van der Waals surface area (Å²) >= 11 is 6.22. The Kier molecular flexibility index (Phi) is 6.28. The Morgan fingerprint density at radius 1 is 1.12 bits per heavy atom. The summed E-state index contributed by atoms with van der Waals surface area (Å²) in [6.07, 6.45) is 2.73. The van der Waals surface area contributed by atoms with Gasteiger partial charge in [-0.25, -0.2) is 4.98 Å². The summed E-state index contributed by atoms with van der Waals surface area (Å²) in [4.78, 5) is 17.9. The third-order valence-corrected chi connectivity index (χ3v) is 6.18. The summed E-state index contributed by atoms with van der Waals surface area (Å²) in [6.45, 7) is 9.86. The topological polar surface area (TPSA) is 77.6 Å². The van der Waals surface area contributed by atoms with Gasteiger partial charge in [-0.05, 0) is 46.2 Å². The highest BCUT2D eigenvalue weighted by Gasteiger charge is 2.16. The predicted molar refractivity (Wildman–Crippen MR) is 127 cm³/mol. The number of amides is 1. The molecule has 32 heavy (non-hydrogen) atoms. The van der Waals surface area contributed by atoms with E-state index in [1.165, 1.54) is 0 Å². The third-order valence-electron chi connectivity index (χ3n) is 5.63. The summed E-state index contributed by atoms with van der Waals surface area (Å²) in [7, 11) is 0. The van der Waals surface area contributed by atoms with E-state index < -0.39 is 0 Å². The lowest BCUT2D eigenvalue weighted by Gasteiger charge is -2.11. The highest BCUT2D eigenvalue weighted by atomic mass is 35.5. The molecule has 0 bridgehead atoms. The van der Waals surface area contributed by atoms with Crippen molar-refractivity contribution >= 4 is 28.4 Å². The van der Waals surface area contributed by atoms with Gasteiger partial charge in [-0.2, -0.15) is 10.2 Å². The molecule has 0 fully saturated rings. The molecule has 4 aromatic rings. The van der Waals surface area contributed by atoms with Crippen LogP contribution in [0.3, 0.4) is 0 Å². The lowest BCUT2D eigenvalue weighted by Crippen LogP contribution is -2.26. The molecule has 0 atom stereocenters. The minimum absolute atomic E-state index is 0.114. The van der Waals surface area contributed by atoms with Crippen molar-refractivity contribution in [1.29, 1.82) is 0 Å². The molecular formula is C24H27ClN6O. The van der Waals surface area contributed by atoms with E-state index in [4.69, 9.17) is 16.6 Å². The Morgan fingerprint density at radius 3 is 2.59 bits per heavy atom. The van der Waals surface area contributed by atoms with Crippen LogP contribution >= 0.6 is 11.6 Å². The highest BCUT2D eigenvalue weighted by Crippen LogP contribution is 2.27. The normalized spacial score (nSPS) is 11.3. The van der Waals surface area contributed by atoms with Crippen LogP contribution in [0.15, 0.2) is 36.5 Å². The largest absolute Gasteiger partial charge is 0.352 e. The van der Waals surface area contributed by atoms with Crippen molar-refractivity contribution in [2.24, 2.45) is 0 Å². The van der Waals surface area contributed by atoms with Crippen molar-refractivity contribution in [3.05, 3.63) is 64.2 Å². The summed E-state index contributed by atoms with van der Waals surface area (Å²) in [5, 5.41) is 13.6. The van der Waals surface area contributed by atoms with E-state index in [0.717, 1.165) is 52.2 Å². The van der Waals surface area contributed by atoms with Crippen molar-refractivity contribution in [3.8, 4) is 11.3 Å². The second-order valence-electron chi connectivity index (χ2n) is 7.87. The van der Waals surface area contributed by atoms with Crippen molar-refractivity contribution < 1.29 is 4.79 Å². The number of carbonyl (C=O) groups is 1. The van der Waals surface area contributed by atoms with Gasteiger partial charge in [0, 0.05) is 36.8 Å². The van der Waals surface area contributed by atoms with Crippen LogP contribution in [0.25, 0.3) is 22.2 Å². The van der Waals surface area contributed by atoms with Crippen LogP contribution in [0, 0.1) is 20.8 Å². The molecule has 0 aliphatic rings. The fourth-order valence-corrected chi connectivity index (χ4v) is 3.99. The smallest absolute Gasteiger partial charge is 0.252 e. The van der Waals surface area contributed by atoms with Crippen LogP contribution in [0.2, 0.25) is 5.02 Å². The molecule has 0 spiro atoms. The monoisotopic (exact) mass is 450 g/mol. The van der Waals surface area contributed by atoms with E-state index in [9.17, 15) is 4.79 Å². The van der Waals surface area contributed by atoms with Crippen LogP contribution < -0.4 is 5.32 Å². The maximum Gasteiger partial charge on any atom is 0.252 e. The standard InChI is InChI=1S/C24H27ClN6O/c1-5-30-14-20(15(2)28-30)22-13-19(18-9-6-7-10-21(18)27-22)24(32)26-11-8-12-31-17(4)23(25)16(3)29-31/h6-7,9-10,13-14H,5,8,11-12H2,1-4H3,(H,26,32). The van der Waals surface area contributed by atoms with Gasteiger partial charge >= 0.3 is 0 Å². The van der Waals surface area contributed by atoms with Crippen molar-refractivity contribution in [3.63, 3.8) is 0 Å². The maximum atomic E-state index is 13.1. The van der Waals surface area contributed by atoms with E-state index in [1.807, 2.05) is 73.6 Å². The minimum Gasteiger partial charge on any atom is -0.352 e. The average molecular weight is 451 g/mol. The molecule has 7 nitrogen and oxygen atoms in total. The highest BCUT2D eigenvalue weighted by molar-refractivity contribution is 6.31. The molecule has 0 unspecified atom stereocenters. The van der Waals surface area contributed by atoms with Crippen LogP contribution in [0.5, 0.6) is 0 Å². The van der Waals surface area contributed by atoms with Crippen LogP contribution in [0.4, 0.5) is 0 Å². The molecule has 1 N–H and O–H groups in total. The third kappa shape index (κ3) is 4.25. The van der Waals surface area contributed by atoms with Crippen molar-refractivity contribution in [2.45, 2.75) is 47.2 Å². The molecule has 0 saturated heterocycles. The molecule has 1 aromatic carbocycles. The molecule has 0 aliphatic heterocycles. The Labute approximate surface area is 192 Å². The van der Waals surface area contributed by atoms with E-state index >= 15 is 0 Å². The quantitative estimate of drug-likeness (QED) is 0.413. The van der Waals surface area contributed by atoms with Crippen LogP contribution in [0.1, 0.15) is 40.8 Å². The second kappa shape index (κ2) is 9.12. The number of hydrogen-bond acceptors (Lipinski definition) is 4. The van der Waals surface area contributed by atoms with Crippen molar-refractivity contribution in [2.75, 3.05) is 6.54 Å². The summed E-state index contributed by atoms with van der Waals surface area (Å²) in [5.74, 6) is -0.114. The van der Waals surface area contributed by atoms with E-state index in [-0.39, 0.29) is 5.91 Å². The van der Waals surface area contributed by atoms with E-state index in [2.05, 4.69) is 15.5 Å². The molecular weight excluding hydrogens is 424 g/mol. The SMILES string of the molecule is CCn1cc(-c2cc(C(=O)NCCCn3nc(C)c(Cl)c3C)c3ccccc3n2)c(C)n1. The lowest BCUT2D eigenvalue weighted by atomic mass is 10.0. The average Bonchev–Trinajstić information content (AvgIpc) is 3.30. The van der Waals surface area contributed by atoms with Gasteiger partial charge in [0.25, 0.3) is 5.91 Å². The number of halogens is 1. The second-order valence-corrected chi connectivity index (χ2v) is 8.25. The molecule has 0 radical (unpaired) electrons. The molecule has 8 heteroatoms. The molecule has 166 valence electrons. The maximum absolute atomic E-state index is 13.1. The molecule has 0 aliphatic carbocycles. The zero-order valence-electron chi connectivity index (χ0n) is 18.8. The lowest BCUT2D eigenvalue weighted by molar-refractivity contribution is 0.0954. The summed E-state index contributed by atoms with van der Waals surface area (Å²) in [5.41, 5.74) is 5.76. The molecule has 1 amide bonds. The number of benzene rings is 1. The fourth-order valence-electron chi connectivity index (χ4n) is 3.85. The number of rotatable bonds is 7. The fraction of sp³-hybridized carbons (Fsp3) is 0.333. The first-order valence-corrected chi connectivity index (χ1v) is 11.2. The van der Waals surface area contributed by atoms with Gasteiger partial charge in [0.05, 0.1) is 38.9 Å². The van der Waals surface area contributed by atoms with Gasteiger partial charge in [0.1, 0.15) is 0 Å². The first-order valence-electron chi connectivity index (χ1n) is 10.8. The molecule has 3 aromatic heterocycles. The number of para-hydroxylation sites is 1. The summed E-state index contributed by atoms with van der Waals surface area (Å²) in [6, 6.07) is 9.58. The Balaban J connectivity index is 1.55. The van der Waals surface area contributed by atoms with Crippen LogP contribution in [-0.2, 0) is 13.1 Å². The Morgan fingerprint density at radius 2 is 1.91 bits per heavy atom. The first kappa shape index (κ1) is 22.0. The number of pyridine rings is 1. The molecule has 3 heterocycles. The number of nitrogens with zero attached hydrogens (tertiary/aromatic N) is 5. The first-order chi connectivity index (χ1) is 15.4. The van der Waals surface area contributed by atoms with E-state index in [0.29, 0.717) is 23.7 Å². The van der Waals surface area contributed by atoms with Gasteiger partial charge in [-0.1, -0.05) is 29.8 Å². The zero-order chi connectivity index (χ0) is 22.8. The predicted octanol–water partition coefficient (Wildman–Crippen LogP) is 4.71. The van der Waals surface area contributed by atoms with E-state index in [1.54, 1.807) is 0 Å². The van der Waals surface area contributed by atoms with Gasteiger partial charge in [-0.15, -0.1) is 0 Å². The number of aromatic nitrogens is 5. The summed E-state index contributed by atoms with van der Waals surface area (Å²) < 4.78 is 3.77. The minimum atomic E-state index is -0.114. The van der Waals surface area contributed by atoms with Gasteiger partial charge in [-0.3, -0.25) is 14.2 Å². The number of fused-ring (bicyclic) bond motifs is 1. The van der Waals surface area contributed by atoms with Crippen molar-refractivity contribution in [1.82, 2.24) is 29.9 Å². The number of nitrogens with one attached hydrogen (secondary N) is 1. The van der Waals surface area contributed by atoms with Gasteiger partial charge < -0.3 is 5.32 Å². The molecule has 0 saturated carbocycles. The zero-order valence-corrected chi connectivity index (χ0v) is 19.6.